The van der Waals surface area contributed by atoms with Gasteiger partial charge in [-0.2, -0.15) is 0 Å². The molecule has 2 aliphatic heterocycles. The molecule has 2 aromatic carbocycles. The van der Waals surface area contributed by atoms with Crippen molar-refractivity contribution in [1.29, 1.82) is 0 Å². The summed E-state index contributed by atoms with van der Waals surface area (Å²) in [5.41, 5.74) is 1.30. The summed E-state index contributed by atoms with van der Waals surface area (Å²) in [7, 11) is 1.59. The van der Waals surface area contributed by atoms with Crippen LogP contribution in [0, 0.1) is 0 Å². The summed E-state index contributed by atoms with van der Waals surface area (Å²) in [6.45, 7) is 0.160. The second-order valence-corrected chi connectivity index (χ2v) is 6.16. The predicted octanol–water partition coefficient (Wildman–Crippen LogP) is 1.72. The molecule has 0 aromatic heterocycles. The largest absolute Gasteiger partial charge is 0.497 e. The van der Waals surface area contributed by atoms with Crippen molar-refractivity contribution in [2.24, 2.45) is 4.99 Å². The van der Waals surface area contributed by atoms with Crippen molar-refractivity contribution in [2.75, 3.05) is 24.5 Å². The van der Waals surface area contributed by atoms with E-state index < -0.39 is 6.04 Å². The number of nitrogens with zero attached hydrogens (tertiary/aromatic N) is 1. The molecule has 2 heterocycles. The Morgan fingerprint density at radius 1 is 1.18 bits per heavy atom. The highest BCUT2D eigenvalue weighted by Gasteiger charge is 2.28. The Kier molecular flexibility index (Phi) is 4.71. The number of carbonyl (C=O) groups excluding carboxylic acids is 2. The van der Waals surface area contributed by atoms with E-state index in [0.29, 0.717) is 23.1 Å². The summed E-state index contributed by atoms with van der Waals surface area (Å²) in [6, 6.07) is 11.5. The first-order valence-corrected chi connectivity index (χ1v) is 8.60. The highest BCUT2D eigenvalue weighted by Crippen LogP contribution is 2.34. The molecule has 2 aliphatic rings. The van der Waals surface area contributed by atoms with Gasteiger partial charge in [-0.05, 0) is 36.4 Å². The number of fused-ring (bicyclic) bond motifs is 1. The highest BCUT2D eigenvalue weighted by atomic mass is 16.7. The fourth-order valence-electron chi connectivity index (χ4n) is 2.82. The lowest BCUT2D eigenvalue weighted by atomic mass is 10.2. The van der Waals surface area contributed by atoms with Gasteiger partial charge >= 0.3 is 0 Å². The van der Waals surface area contributed by atoms with E-state index in [4.69, 9.17) is 14.2 Å². The third kappa shape index (κ3) is 3.83. The molecule has 9 heteroatoms. The fraction of sp³-hybridized carbons (Fsp3) is 0.211. The minimum atomic E-state index is -0.797. The van der Waals surface area contributed by atoms with Crippen LogP contribution in [0.15, 0.2) is 47.5 Å². The normalized spacial score (nSPS) is 17.0. The maximum atomic E-state index is 12.3. The van der Waals surface area contributed by atoms with Gasteiger partial charge in [0.1, 0.15) is 11.8 Å². The first-order valence-electron chi connectivity index (χ1n) is 8.60. The summed E-state index contributed by atoms with van der Waals surface area (Å²) >= 11 is 0. The van der Waals surface area contributed by atoms with Gasteiger partial charge in [0.25, 0.3) is 5.91 Å². The van der Waals surface area contributed by atoms with Crippen molar-refractivity contribution in [2.45, 2.75) is 12.5 Å². The van der Waals surface area contributed by atoms with Gasteiger partial charge in [-0.15, -0.1) is 0 Å². The smallest absolute Gasteiger partial charge is 0.252 e. The third-order valence-corrected chi connectivity index (χ3v) is 4.22. The van der Waals surface area contributed by atoms with Crippen LogP contribution in [0.4, 0.5) is 11.4 Å². The number of guanidine groups is 1. The molecule has 4 rings (SSSR count). The number of nitrogens with one attached hydrogen (secondary N) is 3. The lowest BCUT2D eigenvalue weighted by Gasteiger charge is -2.07. The topological polar surface area (TPSA) is 110 Å². The molecule has 0 fully saturated rings. The monoisotopic (exact) mass is 382 g/mol. The van der Waals surface area contributed by atoms with Crippen molar-refractivity contribution in [3.8, 4) is 17.2 Å². The minimum absolute atomic E-state index is 0.0753. The summed E-state index contributed by atoms with van der Waals surface area (Å²) < 4.78 is 15.6. The van der Waals surface area contributed by atoms with E-state index in [1.165, 1.54) is 0 Å². The lowest BCUT2D eigenvalue weighted by molar-refractivity contribution is -0.123. The standard InChI is InChI=1S/C19H18N4O5/c1-26-13-5-2-11(3-6-13)21-19-22-14(18(25)23-19)9-17(24)20-12-4-7-15-16(8-12)28-10-27-15/h2-8,14H,9-10H2,1H3,(H,20,24)(H2,21,22,23,25)/t14-/m0/s1. The molecule has 3 N–H and O–H groups in total. The third-order valence-electron chi connectivity index (χ3n) is 4.22. The van der Waals surface area contributed by atoms with Crippen LogP contribution in [0.1, 0.15) is 6.42 Å². The molecule has 1 atom stereocenters. The van der Waals surface area contributed by atoms with E-state index in [9.17, 15) is 9.59 Å². The zero-order valence-electron chi connectivity index (χ0n) is 15.0. The van der Waals surface area contributed by atoms with Gasteiger partial charge in [-0.1, -0.05) is 0 Å². The first kappa shape index (κ1) is 17.7. The lowest BCUT2D eigenvalue weighted by Crippen LogP contribution is -2.33. The number of aliphatic imine (C=N–C) groups is 1. The number of methoxy groups -OCH3 is 1. The molecule has 0 saturated carbocycles. The van der Waals surface area contributed by atoms with E-state index >= 15 is 0 Å². The van der Waals surface area contributed by atoms with Crippen LogP contribution in [-0.2, 0) is 9.59 Å². The Labute approximate surface area is 160 Å². The number of rotatable bonds is 5. The minimum Gasteiger partial charge on any atom is -0.497 e. The van der Waals surface area contributed by atoms with Crippen LogP contribution in [0.3, 0.4) is 0 Å². The van der Waals surface area contributed by atoms with Crippen molar-refractivity contribution in [1.82, 2.24) is 5.32 Å². The highest BCUT2D eigenvalue weighted by molar-refractivity contribution is 6.11. The number of hydrogen-bond donors (Lipinski definition) is 3. The zero-order chi connectivity index (χ0) is 19.5. The molecule has 2 aromatic rings. The average Bonchev–Trinajstić information content (AvgIpc) is 3.28. The number of anilines is 2. The molecule has 28 heavy (non-hydrogen) atoms. The quantitative estimate of drug-likeness (QED) is 0.726. The molecule has 0 saturated heterocycles. The maximum absolute atomic E-state index is 12.3. The van der Waals surface area contributed by atoms with E-state index in [0.717, 1.165) is 11.4 Å². The zero-order valence-corrected chi connectivity index (χ0v) is 15.0. The molecular formula is C19H18N4O5. The van der Waals surface area contributed by atoms with Crippen LogP contribution in [0.2, 0.25) is 0 Å². The number of benzene rings is 2. The average molecular weight is 382 g/mol. The molecule has 0 radical (unpaired) electrons. The Bertz CT molecular complexity index is 942. The molecule has 0 spiro atoms. The maximum Gasteiger partial charge on any atom is 0.252 e. The van der Waals surface area contributed by atoms with Crippen molar-refractivity contribution in [3.63, 3.8) is 0 Å². The molecular weight excluding hydrogens is 364 g/mol. The van der Waals surface area contributed by atoms with Gasteiger partial charge in [0, 0.05) is 17.4 Å². The number of ether oxygens (including phenoxy) is 3. The van der Waals surface area contributed by atoms with Gasteiger partial charge < -0.3 is 24.8 Å². The van der Waals surface area contributed by atoms with Gasteiger partial charge in [0.15, 0.2) is 11.5 Å². The predicted molar refractivity (Wildman–Crippen MR) is 102 cm³/mol. The second-order valence-electron chi connectivity index (χ2n) is 6.16. The van der Waals surface area contributed by atoms with E-state index in [1.807, 2.05) is 0 Å². The first-order chi connectivity index (χ1) is 13.6. The number of carbonyl (C=O) groups is 2. The fourth-order valence-corrected chi connectivity index (χ4v) is 2.82. The van der Waals surface area contributed by atoms with Gasteiger partial charge in [-0.25, -0.2) is 4.99 Å². The van der Waals surface area contributed by atoms with E-state index in [1.54, 1.807) is 49.6 Å². The van der Waals surface area contributed by atoms with Gasteiger partial charge in [0.05, 0.1) is 13.5 Å². The van der Waals surface area contributed by atoms with Crippen LogP contribution in [-0.4, -0.2) is 37.7 Å². The van der Waals surface area contributed by atoms with Crippen molar-refractivity contribution < 1.29 is 23.8 Å². The molecule has 2 amide bonds. The van der Waals surface area contributed by atoms with Gasteiger partial charge in [-0.3, -0.25) is 14.9 Å². The van der Waals surface area contributed by atoms with Gasteiger partial charge in [0.2, 0.25) is 18.7 Å². The molecule has 9 nitrogen and oxygen atoms in total. The molecule has 0 aliphatic carbocycles. The molecule has 144 valence electrons. The summed E-state index contributed by atoms with van der Waals surface area (Å²) in [5.74, 6) is 1.56. The van der Waals surface area contributed by atoms with Crippen LogP contribution in [0.25, 0.3) is 0 Å². The summed E-state index contributed by atoms with van der Waals surface area (Å²) in [5, 5.41) is 8.38. The number of amides is 2. The van der Waals surface area contributed by atoms with E-state index in [-0.39, 0.29) is 25.0 Å². The van der Waals surface area contributed by atoms with E-state index in [2.05, 4.69) is 20.9 Å². The Morgan fingerprint density at radius 2 is 1.93 bits per heavy atom. The Balaban J connectivity index is 1.35. The molecule has 0 bridgehead atoms. The van der Waals surface area contributed by atoms with Crippen molar-refractivity contribution in [3.05, 3.63) is 42.5 Å². The Morgan fingerprint density at radius 3 is 2.71 bits per heavy atom. The summed E-state index contributed by atoms with van der Waals surface area (Å²) in [6.07, 6.45) is -0.0753. The van der Waals surface area contributed by atoms with Crippen molar-refractivity contribution >= 4 is 29.1 Å². The van der Waals surface area contributed by atoms with Crippen LogP contribution >= 0.6 is 0 Å². The SMILES string of the molecule is COc1ccc(NC2=N[C@@H](CC(=O)Nc3ccc4c(c3)OCO4)C(=O)N2)cc1. The van der Waals surface area contributed by atoms with Crippen LogP contribution < -0.4 is 30.2 Å². The number of hydrogen-bond acceptors (Lipinski definition) is 7. The second kappa shape index (κ2) is 7.47. The Hall–Kier alpha value is -3.75. The summed E-state index contributed by atoms with van der Waals surface area (Å²) in [4.78, 5) is 28.7. The van der Waals surface area contributed by atoms with Crippen LogP contribution in [0.5, 0.6) is 17.2 Å². The molecule has 0 unspecified atom stereocenters.